The van der Waals surface area contributed by atoms with E-state index < -0.39 is 0 Å². The zero-order chi connectivity index (χ0) is 12.0. The second kappa shape index (κ2) is 6.69. The van der Waals surface area contributed by atoms with Gasteiger partial charge in [0.15, 0.2) is 0 Å². The molecule has 1 rings (SSSR count). The lowest BCUT2D eigenvalue weighted by molar-refractivity contribution is 0.0447. The molecule has 0 aliphatic carbocycles. The van der Waals surface area contributed by atoms with E-state index in [-0.39, 0.29) is 5.97 Å². The minimum absolute atomic E-state index is 0.235. The monoisotopic (exact) mass is 284 g/mol. The van der Waals surface area contributed by atoms with Gasteiger partial charge in [0.1, 0.15) is 0 Å². The van der Waals surface area contributed by atoms with Gasteiger partial charge in [-0.15, -0.1) is 0 Å². The molecule has 3 heteroatoms. The highest BCUT2D eigenvalue weighted by Crippen LogP contribution is 2.10. The van der Waals surface area contributed by atoms with Gasteiger partial charge in [0, 0.05) is 5.33 Å². The lowest BCUT2D eigenvalue weighted by atomic mass is 10.1. The number of hydrogen-bond acceptors (Lipinski definition) is 2. The lowest BCUT2D eigenvalue weighted by Gasteiger charge is -2.09. The fraction of sp³-hybridized carbons (Fsp3) is 0.462. The highest BCUT2D eigenvalue weighted by Gasteiger charge is 2.08. The number of rotatable bonds is 5. The SMILES string of the molecule is CC[C@@H](C)COC(=O)c1ccc(CBr)cc1. The number of halogens is 1. The number of esters is 1. The first-order valence-corrected chi connectivity index (χ1v) is 6.61. The van der Waals surface area contributed by atoms with Crippen molar-refractivity contribution in [3.05, 3.63) is 35.4 Å². The Hall–Kier alpha value is -0.830. The molecule has 0 heterocycles. The van der Waals surface area contributed by atoms with Gasteiger partial charge >= 0.3 is 5.97 Å². The van der Waals surface area contributed by atoms with Crippen LogP contribution in [-0.2, 0) is 10.1 Å². The number of ether oxygens (including phenoxy) is 1. The topological polar surface area (TPSA) is 26.3 Å². The molecule has 0 saturated carbocycles. The van der Waals surface area contributed by atoms with E-state index >= 15 is 0 Å². The second-order valence-corrected chi connectivity index (χ2v) is 4.50. The molecule has 0 radical (unpaired) electrons. The Balaban J connectivity index is 2.52. The van der Waals surface area contributed by atoms with Crippen molar-refractivity contribution in [1.29, 1.82) is 0 Å². The summed E-state index contributed by atoms with van der Waals surface area (Å²) < 4.78 is 5.20. The molecule has 0 unspecified atom stereocenters. The first kappa shape index (κ1) is 13.2. The Kier molecular flexibility index (Phi) is 5.53. The Morgan fingerprint density at radius 2 is 2.00 bits per heavy atom. The van der Waals surface area contributed by atoms with Gasteiger partial charge in [0.25, 0.3) is 0 Å². The van der Waals surface area contributed by atoms with Crippen LogP contribution in [0.15, 0.2) is 24.3 Å². The quantitative estimate of drug-likeness (QED) is 0.608. The molecule has 2 nitrogen and oxygen atoms in total. The van der Waals surface area contributed by atoms with Gasteiger partial charge in [0.05, 0.1) is 12.2 Å². The highest BCUT2D eigenvalue weighted by atomic mass is 79.9. The zero-order valence-electron chi connectivity index (χ0n) is 9.70. The third-order valence-electron chi connectivity index (χ3n) is 2.54. The molecule has 1 aromatic rings. The maximum absolute atomic E-state index is 11.6. The van der Waals surface area contributed by atoms with E-state index in [0.29, 0.717) is 18.1 Å². The summed E-state index contributed by atoms with van der Waals surface area (Å²) in [5.74, 6) is 0.187. The van der Waals surface area contributed by atoms with Crippen LogP contribution >= 0.6 is 15.9 Å². The van der Waals surface area contributed by atoms with Crippen LogP contribution in [0.3, 0.4) is 0 Å². The predicted molar refractivity (Wildman–Crippen MR) is 68.8 cm³/mol. The third-order valence-corrected chi connectivity index (χ3v) is 3.19. The molecule has 0 fully saturated rings. The fourth-order valence-electron chi connectivity index (χ4n) is 1.15. The van der Waals surface area contributed by atoms with Crippen molar-refractivity contribution < 1.29 is 9.53 Å². The molecule has 0 aliphatic rings. The normalized spacial score (nSPS) is 12.2. The lowest BCUT2D eigenvalue weighted by Crippen LogP contribution is -2.11. The molecule has 0 bridgehead atoms. The summed E-state index contributed by atoms with van der Waals surface area (Å²) in [4.78, 5) is 11.6. The number of carbonyl (C=O) groups excluding carboxylic acids is 1. The highest BCUT2D eigenvalue weighted by molar-refractivity contribution is 9.08. The van der Waals surface area contributed by atoms with E-state index in [1.807, 2.05) is 12.1 Å². The van der Waals surface area contributed by atoms with Crippen LogP contribution in [0.1, 0.15) is 36.2 Å². The maximum Gasteiger partial charge on any atom is 0.338 e. The van der Waals surface area contributed by atoms with E-state index in [0.717, 1.165) is 17.3 Å². The molecule has 0 aromatic heterocycles. The second-order valence-electron chi connectivity index (χ2n) is 3.94. The van der Waals surface area contributed by atoms with Crippen LogP contribution in [0.25, 0.3) is 0 Å². The average molecular weight is 285 g/mol. The first-order chi connectivity index (χ1) is 7.67. The fourth-order valence-corrected chi connectivity index (χ4v) is 1.52. The van der Waals surface area contributed by atoms with Crippen LogP contribution in [0.4, 0.5) is 0 Å². The maximum atomic E-state index is 11.6. The van der Waals surface area contributed by atoms with Gasteiger partial charge in [0.2, 0.25) is 0 Å². The van der Waals surface area contributed by atoms with Crippen molar-refractivity contribution in [2.75, 3.05) is 6.61 Å². The molecular weight excluding hydrogens is 268 g/mol. The Bertz CT molecular complexity index is 332. The molecule has 16 heavy (non-hydrogen) atoms. The van der Waals surface area contributed by atoms with E-state index in [2.05, 4.69) is 29.8 Å². The van der Waals surface area contributed by atoms with Crippen LogP contribution in [0.2, 0.25) is 0 Å². The van der Waals surface area contributed by atoms with Crippen molar-refractivity contribution in [3.63, 3.8) is 0 Å². The smallest absolute Gasteiger partial charge is 0.338 e. The summed E-state index contributed by atoms with van der Waals surface area (Å²) in [6, 6.07) is 7.45. The Labute approximate surface area is 105 Å². The van der Waals surface area contributed by atoms with Crippen molar-refractivity contribution >= 4 is 21.9 Å². The zero-order valence-corrected chi connectivity index (χ0v) is 11.3. The van der Waals surface area contributed by atoms with Crippen molar-refractivity contribution in [1.82, 2.24) is 0 Å². The van der Waals surface area contributed by atoms with Gasteiger partial charge in [-0.05, 0) is 23.6 Å². The van der Waals surface area contributed by atoms with Crippen LogP contribution in [0, 0.1) is 5.92 Å². The summed E-state index contributed by atoms with van der Waals surface area (Å²) in [7, 11) is 0. The third kappa shape index (κ3) is 3.97. The van der Waals surface area contributed by atoms with Gasteiger partial charge in [-0.2, -0.15) is 0 Å². The molecule has 0 saturated heterocycles. The minimum atomic E-state index is -0.235. The average Bonchev–Trinajstić information content (AvgIpc) is 2.35. The van der Waals surface area contributed by atoms with Crippen molar-refractivity contribution in [2.24, 2.45) is 5.92 Å². The number of alkyl halides is 1. The van der Waals surface area contributed by atoms with E-state index in [1.54, 1.807) is 12.1 Å². The summed E-state index contributed by atoms with van der Waals surface area (Å²) in [6.07, 6.45) is 1.02. The number of hydrogen-bond donors (Lipinski definition) is 0. The van der Waals surface area contributed by atoms with E-state index in [4.69, 9.17) is 4.74 Å². The first-order valence-electron chi connectivity index (χ1n) is 5.49. The molecule has 1 aromatic carbocycles. The molecule has 0 aliphatic heterocycles. The number of carbonyl (C=O) groups is 1. The van der Waals surface area contributed by atoms with Crippen molar-refractivity contribution in [3.8, 4) is 0 Å². The molecule has 0 spiro atoms. The van der Waals surface area contributed by atoms with Crippen LogP contribution < -0.4 is 0 Å². The summed E-state index contributed by atoms with van der Waals surface area (Å²) in [5, 5.41) is 0.801. The molecule has 0 amide bonds. The summed E-state index contributed by atoms with van der Waals surface area (Å²) in [5.41, 5.74) is 1.77. The predicted octanol–water partition coefficient (Wildman–Crippen LogP) is 3.78. The van der Waals surface area contributed by atoms with Crippen LogP contribution in [0.5, 0.6) is 0 Å². The Morgan fingerprint density at radius 3 is 2.50 bits per heavy atom. The standard InChI is InChI=1S/C13H17BrO2/c1-3-10(2)9-16-13(15)12-6-4-11(8-14)5-7-12/h4-7,10H,3,8-9H2,1-2H3/t10-/m1/s1. The summed E-state index contributed by atoms with van der Waals surface area (Å²) in [6.45, 7) is 4.65. The van der Waals surface area contributed by atoms with Gasteiger partial charge in [-0.1, -0.05) is 48.3 Å². The van der Waals surface area contributed by atoms with Gasteiger partial charge < -0.3 is 4.74 Å². The van der Waals surface area contributed by atoms with Crippen molar-refractivity contribution in [2.45, 2.75) is 25.6 Å². The van der Waals surface area contributed by atoms with E-state index in [9.17, 15) is 4.79 Å². The minimum Gasteiger partial charge on any atom is -0.462 e. The van der Waals surface area contributed by atoms with E-state index in [1.165, 1.54) is 0 Å². The molecular formula is C13H17BrO2. The largest absolute Gasteiger partial charge is 0.462 e. The Morgan fingerprint density at radius 1 is 1.38 bits per heavy atom. The van der Waals surface area contributed by atoms with Gasteiger partial charge in [-0.3, -0.25) is 0 Å². The molecule has 1 atom stereocenters. The number of benzene rings is 1. The molecule has 0 N–H and O–H groups in total. The van der Waals surface area contributed by atoms with Crippen LogP contribution in [-0.4, -0.2) is 12.6 Å². The molecule has 88 valence electrons. The van der Waals surface area contributed by atoms with Gasteiger partial charge in [-0.25, -0.2) is 4.79 Å². The summed E-state index contributed by atoms with van der Waals surface area (Å²) >= 11 is 3.36.